The summed E-state index contributed by atoms with van der Waals surface area (Å²) in [6.07, 6.45) is 5.65. The molecule has 1 saturated carbocycles. The first-order chi connectivity index (χ1) is 14.2. The first-order valence-corrected chi connectivity index (χ1v) is 10.1. The molecule has 1 aliphatic heterocycles. The monoisotopic (exact) mass is 393 g/mol. The number of fused-ring (bicyclic) bond motifs is 1. The molecule has 0 atom stereocenters. The normalized spacial score (nSPS) is 17.5. The van der Waals surface area contributed by atoms with Crippen LogP contribution in [-0.4, -0.2) is 44.7 Å². The van der Waals surface area contributed by atoms with E-state index >= 15 is 0 Å². The Labute approximate surface area is 167 Å². The van der Waals surface area contributed by atoms with Gasteiger partial charge in [0.1, 0.15) is 0 Å². The van der Waals surface area contributed by atoms with Crippen LogP contribution < -0.4 is 11.0 Å². The number of carbonyl (C=O) groups is 1. The van der Waals surface area contributed by atoms with Crippen molar-refractivity contribution in [2.24, 2.45) is 5.92 Å². The van der Waals surface area contributed by atoms with E-state index in [4.69, 9.17) is 9.72 Å². The molecule has 1 amide bonds. The van der Waals surface area contributed by atoms with E-state index in [1.165, 1.54) is 0 Å². The average molecular weight is 393 g/mol. The quantitative estimate of drug-likeness (QED) is 0.691. The molecule has 1 aliphatic carbocycles. The van der Waals surface area contributed by atoms with Crippen molar-refractivity contribution in [3.63, 3.8) is 0 Å². The Bertz CT molecular complexity index is 1090. The minimum absolute atomic E-state index is 0.0449. The standard InChI is InChI=1S/C21H23N5O3/c27-20(23-16-5-6-16)15-3-1-14(2-4-15)17-11-22-18-19(24-17)26(21(28)25-18)12-13-7-9-29-10-8-13/h1-4,11,13,16H,5-10,12H2,(H,23,27)(H,22,25,28). The predicted octanol–water partition coefficient (Wildman–Crippen LogP) is 2.11. The Morgan fingerprint density at radius 1 is 1.17 bits per heavy atom. The Morgan fingerprint density at radius 2 is 1.93 bits per heavy atom. The Balaban J connectivity index is 1.42. The highest BCUT2D eigenvalue weighted by atomic mass is 16.5. The highest BCUT2D eigenvalue weighted by Gasteiger charge is 2.24. The van der Waals surface area contributed by atoms with Gasteiger partial charge in [-0.2, -0.15) is 0 Å². The number of imidazole rings is 1. The Kier molecular flexibility index (Phi) is 4.63. The van der Waals surface area contributed by atoms with Gasteiger partial charge < -0.3 is 10.1 Å². The summed E-state index contributed by atoms with van der Waals surface area (Å²) in [7, 11) is 0. The van der Waals surface area contributed by atoms with Gasteiger partial charge >= 0.3 is 5.69 Å². The zero-order valence-corrected chi connectivity index (χ0v) is 16.1. The van der Waals surface area contributed by atoms with Crippen LogP contribution >= 0.6 is 0 Å². The summed E-state index contributed by atoms with van der Waals surface area (Å²) < 4.78 is 7.09. The van der Waals surface area contributed by atoms with Crippen molar-refractivity contribution < 1.29 is 9.53 Å². The van der Waals surface area contributed by atoms with E-state index in [0.717, 1.165) is 44.5 Å². The zero-order chi connectivity index (χ0) is 19.8. The molecule has 2 fully saturated rings. The number of rotatable bonds is 5. The second kappa shape index (κ2) is 7.44. The second-order valence-corrected chi connectivity index (χ2v) is 7.85. The van der Waals surface area contributed by atoms with E-state index in [9.17, 15) is 9.59 Å². The van der Waals surface area contributed by atoms with E-state index in [2.05, 4.69) is 15.3 Å². The molecule has 0 unspecified atom stereocenters. The number of aromatic nitrogens is 4. The first-order valence-electron chi connectivity index (χ1n) is 10.1. The highest BCUT2D eigenvalue weighted by molar-refractivity contribution is 5.95. The lowest BCUT2D eigenvalue weighted by Gasteiger charge is -2.21. The molecule has 0 bridgehead atoms. The average Bonchev–Trinajstić information content (AvgIpc) is 3.51. The van der Waals surface area contributed by atoms with Gasteiger partial charge in [0, 0.05) is 36.9 Å². The van der Waals surface area contributed by atoms with Gasteiger partial charge in [-0.05, 0) is 43.7 Å². The van der Waals surface area contributed by atoms with E-state index in [1.54, 1.807) is 22.9 Å². The molecule has 2 aromatic heterocycles. The molecule has 8 heteroatoms. The first kappa shape index (κ1) is 18.1. The molecule has 150 valence electrons. The summed E-state index contributed by atoms with van der Waals surface area (Å²) in [5.41, 5.74) is 3.03. The molecular weight excluding hydrogens is 370 g/mol. The van der Waals surface area contributed by atoms with Gasteiger partial charge in [-0.25, -0.2) is 14.8 Å². The smallest absolute Gasteiger partial charge is 0.328 e. The molecule has 0 radical (unpaired) electrons. The maximum Gasteiger partial charge on any atom is 0.328 e. The number of H-pyrrole nitrogens is 1. The molecule has 2 N–H and O–H groups in total. The zero-order valence-electron chi connectivity index (χ0n) is 16.1. The third-order valence-electron chi connectivity index (χ3n) is 5.62. The van der Waals surface area contributed by atoms with Crippen LogP contribution in [0.1, 0.15) is 36.0 Å². The van der Waals surface area contributed by atoms with Crippen molar-refractivity contribution in [2.45, 2.75) is 38.3 Å². The SMILES string of the molecule is O=C(NC1CC1)c1ccc(-c2cnc3[nH]c(=O)n(CC4CCOCC4)c3n2)cc1. The maximum absolute atomic E-state index is 12.4. The van der Waals surface area contributed by atoms with E-state index < -0.39 is 0 Å². The summed E-state index contributed by atoms with van der Waals surface area (Å²) in [4.78, 5) is 36.5. The topological polar surface area (TPSA) is 102 Å². The van der Waals surface area contributed by atoms with Gasteiger partial charge in [0.15, 0.2) is 11.3 Å². The van der Waals surface area contributed by atoms with Crippen LogP contribution in [0, 0.1) is 5.92 Å². The van der Waals surface area contributed by atoms with Gasteiger partial charge in [-0.3, -0.25) is 14.3 Å². The van der Waals surface area contributed by atoms with Crippen molar-refractivity contribution >= 4 is 17.2 Å². The van der Waals surface area contributed by atoms with Crippen LogP contribution in [-0.2, 0) is 11.3 Å². The van der Waals surface area contributed by atoms with Crippen LogP contribution in [0.4, 0.5) is 0 Å². The number of nitrogens with one attached hydrogen (secondary N) is 2. The summed E-state index contributed by atoms with van der Waals surface area (Å²) >= 11 is 0. The lowest BCUT2D eigenvalue weighted by Crippen LogP contribution is -2.26. The lowest BCUT2D eigenvalue weighted by molar-refractivity contribution is 0.0613. The number of aromatic amines is 1. The number of amides is 1. The fourth-order valence-corrected chi connectivity index (χ4v) is 3.71. The predicted molar refractivity (Wildman–Crippen MR) is 108 cm³/mol. The molecule has 3 aromatic rings. The summed E-state index contributed by atoms with van der Waals surface area (Å²) in [6, 6.07) is 7.66. The molecule has 2 aliphatic rings. The fourth-order valence-electron chi connectivity index (χ4n) is 3.71. The number of benzene rings is 1. The van der Waals surface area contributed by atoms with Crippen molar-refractivity contribution in [3.05, 3.63) is 46.5 Å². The molecule has 29 heavy (non-hydrogen) atoms. The van der Waals surface area contributed by atoms with Crippen LogP contribution in [0.2, 0.25) is 0 Å². The van der Waals surface area contributed by atoms with Gasteiger partial charge in [-0.1, -0.05) is 12.1 Å². The number of carbonyl (C=O) groups excluding carboxylic acids is 1. The number of hydrogen-bond donors (Lipinski definition) is 2. The third-order valence-corrected chi connectivity index (χ3v) is 5.62. The van der Waals surface area contributed by atoms with E-state index in [0.29, 0.717) is 41.1 Å². The number of ether oxygens (including phenoxy) is 1. The molecule has 8 nitrogen and oxygen atoms in total. The molecule has 1 saturated heterocycles. The van der Waals surface area contributed by atoms with Crippen LogP contribution in [0.5, 0.6) is 0 Å². The molecule has 3 heterocycles. The number of hydrogen-bond acceptors (Lipinski definition) is 5. The molecular formula is C21H23N5O3. The second-order valence-electron chi connectivity index (χ2n) is 7.85. The minimum Gasteiger partial charge on any atom is -0.381 e. The minimum atomic E-state index is -0.185. The van der Waals surface area contributed by atoms with Crippen molar-refractivity contribution in [2.75, 3.05) is 13.2 Å². The van der Waals surface area contributed by atoms with Crippen LogP contribution in [0.15, 0.2) is 35.3 Å². The fraction of sp³-hybridized carbons (Fsp3) is 0.429. The molecule has 5 rings (SSSR count). The molecule has 0 spiro atoms. The largest absolute Gasteiger partial charge is 0.381 e. The highest BCUT2D eigenvalue weighted by Crippen LogP contribution is 2.22. The van der Waals surface area contributed by atoms with E-state index in [1.807, 2.05) is 12.1 Å². The lowest BCUT2D eigenvalue weighted by atomic mass is 10.0. The maximum atomic E-state index is 12.4. The van der Waals surface area contributed by atoms with Crippen LogP contribution in [0.3, 0.4) is 0 Å². The Morgan fingerprint density at radius 3 is 2.66 bits per heavy atom. The van der Waals surface area contributed by atoms with Gasteiger partial charge in [0.25, 0.3) is 5.91 Å². The van der Waals surface area contributed by atoms with Gasteiger partial charge in [0.05, 0.1) is 11.9 Å². The van der Waals surface area contributed by atoms with Gasteiger partial charge in [-0.15, -0.1) is 0 Å². The molecule has 1 aromatic carbocycles. The van der Waals surface area contributed by atoms with Crippen molar-refractivity contribution in [1.82, 2.24) is 24.8 Å². The summed E-state index contributed by atoms with van der Waals surface area (Å²) in [5, 5.41) is 2.98. The summed E-state index contributed by atoms with van der Waals surface area (Å²) in [5.74, 6) is 0.353. The number of nitrogens with zero attached hydrogens (tertiary/aromatic N) is 3. The van der Waals surface area contributed by atoms with E-state index in [-0.39, 0.29) is 11.6 Å². The summed E-state index contributed by atoms with van der Waals surface area (Å²) in [6.45, 7) is 2.08. The third kappa shape index (κ3) is 3.80. The van der Waals surface area contributed by atoms with Crippen LogP contribution in [0.25, 0.3) is 22.6 Å². The van der Waals surface area contributed by atoms with Crippen molar-refractivity contribution in [1.29, 1.82) is 0 Å². The Hall–Kier alpha value is -3.00. The van der Waals surface area contributed by atoms with Crippen molar-refractivity contribution in [3.8, 4) is 11.3 Å². The van der Waals surface area contributed by atoms with Gasteiger partial charge in [0.2, 0.25) is 0 Å².